The van der Waals surface area contributed by atoms with Crippen LogP contribution in [0.4, 0.5) is 32.0 Å². The molecule has 0 saturated heterocycles. The highest BCUT2D eigenvalue weighted by molar-refractivity contribution is 6.05. The summed E-state index contributed by atoms with van der Waals surface area (Å²) in [4.78, 5) is 11.9. The van der Waals surface area contributed by atoms with E-state index in [2.05, 4.69) is 15.2 Å². The molecule has 0 bridgehead atoms. The van der Waals surface area contributed by atoms with Crippen LogP contribution >= 0.6 is 0 Å². The lowest BCUT2D eigenvalue weighted by molar-refractivity contribution is -0.274. The number of nitrogens with zero attached hydrogens (tertiary/aromatic N) is 2. The fourth-order valence-electron chi connectivity index (χ4n) is 1.80. The Morgan fingerprint density at radius 2 is 1.71 bits per heavy atom. The van der Waals surface area contributed by atoms with E-state index in [1.807, 2.05) is 0 Å². The van der Waals surface area contributed by atoms with Crippen molar-refractivity contribution in [3.05, 3.63) is 41.7 Å². The van der Waals surface area contributed by atoms with Crippen LogP contribution in [0.3, 0.4) is 0 Å². The van der Waals surface area contributed by atoms with Crippen LogP contribution < -0.4 is 10.1 Å². The third-order valence-electron chi connectivity index (χ3n) is 2.69. The molecular weight excluding hydrogens is 344 g/mol. The number of aryl methyl sites for hydroxylation is 1. The second-order valence-electron chi connectivity index (χ2n) is 4.59. The number of rotatable bonds is 3. The van der Waals surface area contributed by atoms with Gasteiger partial charge in [0.15, 0.2) is 5.69 Å². The summed E-state index contributed by atoms with van der Waals surface area (Å²) < 4.78 is 78.9. The molecule has 0 fully saturated rings. The summed E-state index contributed by atoms with van der Waals surface area (Å²) in [5.41, 5.74) is -2.08. The number of amides is 1. The molecule has 11 heteroatoms. The maximum atomic E-state index is 12.8. The third kappa shape index (κ3) is 4.40. The van der Waals surface area contributed by atoms with Crippen LogP contribution in [0.2, 0.25) is 0 Å². The Hall–Kier alpha value is -2.72. The summed E-state index contributed by atoms with van der Waals surface area (Å²) >= 11 is 0. The Morgan fingerprint density at radius 1 is 1.12 bits per heavy atom. The van der Waals surface area contributed by atoms with Gasteiger partial charge in [0.05, 0.1) is 5.56 Å². The first-order chi connectivity index (χ1) is 11.0. The average Bonchev–Trinajstić information content (AvgIpc) is 2.81. The standard InChI is InChI=1S/C13H9F6N3O2/c1-22-6-9(10(21-22)12(14,15)16)11(23)20-7-2-4-8(5-3-7)24-13(17,18)19/h2-6H,1H3,(H,20,23). The molecule has 1 aromatic heterocycles. The molecule has 24 heavy (non-hydrogen) atoms. The van der Waals surface area contributed by atoms with Crippen molar-refractivity contribution in [2.45, 2.75) is 12.5 Å². The second-order valence-corrected chi connectivity index (χ2v) is 4.59. The van der Waals surface area contributed by atoms with Crippen molar-refractivity contribution in [1.29, 1.82) is 0 Å². The van der Waals surface area contributed by atoms with Crippen LogP contribution in [-0.2, 0) is 13.2 Å². The van der Waals surface area contributed by atoms with E-state index in [1.54, 1.807) is 0 Å². The van der Waals surface area contributed by atoms with Gasteiger partial charge in [0, 0.05) is 18.9 Å². The highest BCUT2D eigenvalue weighted by Gasteiger charge is 2.39. The second kappa shape index (κ2) is 6.06. The molecule has 1 aromatic carbocycles. The molecule has 0 atom stereocenters. The van der Waals surface area contributed by atoms with Crippen molar-refractivity contribution in [2.24, 2.45) is 7.05 Å². The first-order valence-corrected chi connectivity index (χ1v) is 6.24. The van der Waals surface area contributed by atoms with Gasteiger partial charge in [0.25, 0.3) is 5.91 Å². The topological polar surface area (TPSA) is 56.2 Å². The number of carbonyl (C=O) groups is 1. The molecule has 130 valence electrons. The van der Waals surface area contributed by atoms with E-state index >= 15 is 0 Å². The van der Waals surface area contributed by atoms with Crippen LogP contribution in [0.15, 0.2) is 30.5 Å². The predicted octanol–water partition coefficient (Wildman–Crippen LogP) is 3.59. The van der Waals surface area contributed by atoms with E-state index in [-0.39, 0.29) is 5.69 Å². The van der Waals surface area contributed by atoms with Crippen LogP contribution in [0.5, 0.6) is 5.75 Å². The average molecular weight is 353 g/mol. The van der Waals surface area contributed by atoms with Gasteiger partial charge < -0.3 is 10.1 Å². The molecule has 0 aliphatic heterocycles. The molecule has 0 aliphatic carbocycles. The monoisotopic (exact) mass is 353 g/mol. The number of hydrogen-bond donors (Lipinski definition) is 1. The summed E-state index contributed by atoms with van der Waals surface area (Å²) in [6, 6.07) is 3.94. The molecule has 0 unspecified atom stereocenters. The molecule has 1 amide bonds. The van der Waals surface area contributed by atoms with Crippen molar-refractivity contribution < 1.29 is 35.9 Å². The van der Waals surface area contributed by atoms with Crippen LogP contribution in [0, 0.1) is 0 Å². The molecule has 1 N–H and O–H groups in total. The molecule has 2 rings (SSSR count). The zero-order chi connectivity index (χ0) is 18.1. The van der Waals surface area contributed by atoms with Crippen LogP contribution in [0.25, 0.3) is 0 Å². The van der Waals surface area contributed by atoms with Crippen molar-refractivity contribution in [2.75, 3.05) is 5.32 Å². The van der Waals surface area contributed by atoms with Gasteiger partial charge in [-0.25, -0.2) is 0 Å². The highest BCUT2D eigenvalue weighted by atomic mass is 19.4. The summed E-state index contributed by atoms with van der Waals surface area (Å²) in [6.45, 7) is 0. The highest BCUT2D eigenvalue weighted by Crippen LogP contribution is 2.31. The Morgan fingerprint density at radius 3 is 2.21 bits per heavy atom. The fourth-order valence-corrected chi connectivity index (χ4v) is 1.80. The van der Waals surface area contributed by atoms with Crippen molar-refractivity contribution in [3.8, 4) is 5.75 Å². The minimum absolute atomic E-state index is 0.00787. The molecule has 0 saturated carbocycles. The zero-order valence-corrected chi connectivity index (χ0v) is 11.9. The minimum atomic E-state index is -4.87. The molecule has 1 heterocycles. The van der Waals surface area contributed by atoms with Gasteiger partial charge in [-0.15, -0.1) is 13.2 Å². The van der Waals surface area contributed by atoms with Crippen LogP contribution in [0.1, 0.15) is 16.1 Å². The third-order valence-corrected chi connectivity index (χ3v) is 2.69. The molecule has 2 aromatic rings. The molecule has 0 spiro atoms. The van der Waals surface area contributed by atoms with Gasteiger partial charge in [0.1, 0.15) is 5.75 Å². The number of hydrogen-bond acceptors (Lipinski definition) is 3. The summed E-state index contributed by atoms with van der Waals surface area (Å²) in [5, 5.41) is 5.33. The largest absolute Gasteiger partial charge is 0.573 e. The number of halogens is 6. The lowest BCUT2D eigenvalue weighted by Gasteiger charge is -2.10. The lowest BCUT2D eigenvalue weighted by Crippen LogP contribution is -2.18. The van der Waals surface area contributed by atoms with E-state index in [4.69, 9.17) is 0 Å². The van der Waals surface area contributed by atoms with E-state index in [9.17, 15) is 31.1 Å². The van der Waals surface area contributed by atoms with Crippen LogP contribution in [-0.4, -0.2) is 22.1 Å². The number of ether oxygens (including phenoxy) is 1. The Bertz CT molecular complexity index is 734. The first kappa shape index (κ1) is 17.6. The molecule has 5 nitrogen and oxygen atoms in total. The fraction of sp³-hybridized carbons (Fsp3) is 0.231. The number of nitrogens with one attached hydrogen (secondary N) is 1. The smallest absolute Gasteiger partial charge is 0.406 e. The number of anilines is 1. The van der Waals surface area contributed by atoms with Gasteiger partial charge in [-0.2, -0.15) is 18.3 Å². The van der Waals surface area contributed by atoms with Gasteiger partial charge in [-0.1, -0.05) is 0 Å². The van der Waals surface area contributed by atoms with E-state index in [0.29, 0.717) is 0 Å². The number of alkyl halides is 6. The summed E-state index contributed by atoms with van der Waals surface area (Å²) in [5.74, 6) is -1.63. The number of benzene rings is 1. The van der Waals surface area contributed by atoms with Gasteiger partial charge in [-0.05, 0) is 24.3 Å². The number of aromatic nitrogens is 2. The summed E-state index contributed by atoms with van der Waals surface area (Å²) in [6.07, 6.45) is -8.81. The predicted molar refractivity (Wildman–Crippen MR) is 69.3 cm³/mol. The molecular formula is C13H9F6N3O2. The van der Waals surface area contributed by atoms with Gasteiger partial charge >= 0.3 is 12.5 Å². The van der Waals surface area contributed by atoms with E-state index < -0.39 is 35.5 Å². The van der Waals surface area contributed by atoms with Crippen molar-refractivity contribution in [3.63, 3.8) is 0 Å². The normalized spacial score (nSPS) is 12.1. The van der Waals surface area contributed by atoms with Gasteiger partial charge in [-0.3, -0.25) is 9.48 Å². The molecule has 0 radical (unpaired) electrons. The summed E-state index contributed by atoms with van der Waals surface area (Å²) in [7, 11) is 1.22. The first-order valence-electron chi connectivity index (χ1n) is 6.24. The number of carbonyl (C=O) groups excluding carboxylic acids is 1. The lowest BCUT2D eigenvalue weighted by atomic mass is 10.2. The van der Waals surface area contributed by atoms with Crippen molar-refractivity contribution >= 4 is 11.6 Å². The quantitative estimate of drug-likeness (QED) is 0.858. The van der Waals surface area contributed by atoms with Crippen molar-refractivity contribution in [1.82, 2.24) is 9.78 Å². The molecule has 0 aliphatic rings. The van der Waals surface area contributed by atoms with Gasteiger partial charge in [0.2, 0.25) is 0 Å². The zero-order valence-electron chi connectivity index (χ0n) is 11.9. The maximum Gasteiger partial charge on any atom is 0.573 e. The Labute approximate surface area is 130 Å². The van der Waals surface area contributed by atoms with E-state index in [0.717, 1.165) is 35.1 Å². The Balaban J connectivity index is 2.16. The SMILES string of the molecule is Cn1cc(C(=O)Nc2ccc(OC(F)(F)F)cc2)c(C(F)(F)F)n1. The van der Waals surface area contributed by atoms with E-state index in [1.165, 1.54) is 7.05 Å². The maximum absolute atomic E-state index is 12.8. The minimum Gasteiger partial charge on any atom is -0.406 e. The Kier molecular flexibility index (Phi) is 4.45.